The Kier molecular flexibility index (Phi) is 5.38. The molecule has 0 unspecified atom stereocenters. The summed E-state index contributed by atoms with van der Waals surface area (Å²) in [5, 5.41) is 9.67. The molecule has 0 aliphatic heterocycles. The molecule has 0 saturated heterocycles. The third-order valence-corrected chi connectivity index (χ3v) is 3.96. The molecule has 0 radical (unpaired) electrons. The minimum atomic E-state index is -1.03. The Morgan fingerprint density at radius 3 is 2.22 bits per heavy atom. The molecule has 0 saturated carbocycles. The number of hydrogen-bond donors (Lipinski definition) is 1. The number of carboxylic acid groups (broad SMARTS) is 1. The molecular formula is C22H17NO4. The minimum Gasteiger partial charge on any atom is -0.497 e. The fourth-order valence-corrected chi connectivity index (χ4v) is 2.67. The number of hydrogen-bond acceptors (Lipinski definition) is 4. The number of aromatic carboxylic acids is 1. The van der Waals surface area contributed by atoms with Gasteiger partial charge in [-0.05, 0) is 42.0 Å². The molecule has 0 aliphatic carbocycles. The largest absolute Gasteiger partial charge is 0.497 e. The number of carbonyl (C=O) groups is 1. The smallest absolute Gasteiger partial charge is 0.336 e. The first-order chi connectivity index (χ1) is 13.1. The van der Waals surface area contributed by atoms with Crippen LogP contribution in [0.4, 0.5) is 0 Å². The molecule has 27 heavy (non-hydrogen) atoms. The summed E-state index contributed by atoms with van der Waals surface area (Å²) in [6.45, 7) is 0. The van der Waals surface area contributed by atoms with Crippen LogP contribution in [0.1, 0.15) is 21.5 Å². The van der Waals surface area contributed by atoms with Gasteiger partial charge in [0.2, 0.25) is 0 Å². The summed E-state index contributed by atoms with van der Waals surface area (Å²) in [4.78, 5) is 15.8. The Bertz CT molecular complexity index is 1010. The van der Waals surface area contributed by atoms with E-state index in [9.17, 15) is 9.90 Å². The molecule has 0 aliphatic rings. The van der Waals surface area contributed by atoms with Crippen molar-refractivity contribution in [2.45, 2.75) is 0 Å². The number of nitrogens with zero attached hydrogens (tertiary/aromatic N) is 1. The summed E-state index contributed by atoms with van der Waals surface area (Å²) < 4.78 is 10.6. The van der Waals surface area contributed by atoms with Crippen molar-refractivity contribution >= 4 is 5.97 Å². The van der Waals surface area contributed by atoms with Crippen molar-refractivity contribution in [1.29, 1.82) is 0 Å². The van der Waals surface area contributed by atoms with Gasteiger partial charge in [-0.2, -0.15) is 0 Å². The zero-order valence-electron chi connectivity index (χ0n) is 14.9. The van der Waals surface area contributed by atoms with Gasteiger partial charge in [0, 0.05) is 35.2 Å². The van der Waals surface area contributed by atoms with Crippen molar-refractivity contribution in [3.8, 4) is 34.5 Å². The molecule has 1 N–H and O–H groups in total. The number of benzene rings is 2. The van der Waals surface area contributed by atoms with Crippen LogP contribution in [0, 0.1) is 11.8 Å². The van der Waals surface area contributed by atoms with Gasteiger partial charge in [0.05, 0.1) is 19.8 Å². The fourth-order valence-electron chi connectivity index (χ4n) is 2.67. The molecule has 3 rings (SSSR count). The van der Waals surface area contributed by atoms with Crippen LogP contribution in [0.25, 0.3) is 11.1 Å². The van der Waals surface area contributed by atoms with Gasteiger partial charge in [-0.3, -0.25) is 4.98 Å². The highest BCUT2D eigenvalue weighted by Crippen LogP contribution is 2.34. The molecule has 5 nitrogen and oxygen atoms in total. The van der Waals surface area contributed by atoms with E-state index < -0.39 is 5.97 Å². The van der Waals surface area contributed by atoms with Crippen LogP contribution < -0.4 is 9.47 Å². The predicted molar refractivity (Wildman–Crippen MR) is 102 cm³/mol. The summed E-state index contributed by atoms with van der Waals surface area (Å²) >= 11 is 0. The van der Waals surface area contributed by atoms with Crippen molar-refractivity contribution in [3.63, 3.8) is 0 Å². The van der Waals surface area contributed by atoms with Crippen molar-refractivity contribution in [2.24, 2.45) is 0 Å². The molecule has 0 spiro atoms. The standard InChI is InChI=1S/C22H17NO4/c1-26-18-12-17(13-19(14-18)27-2)21-16(4-3-5-20(21)22(24)25)7-6-15-8-10-23-11-9-15/h3-5,8-14H,1-2H3,(H,24,25). The van der Waals surface area contributed by atoms with Crippen molar-refractivity contribution in [3.05, 3.63) is 77.6 Å². The van der Waals surface area contributed by atoms with Crippen LogP contribution in [-0.2, 0) is 0 Å². The van der Waals surface area contributed by atoms with Crippen LogP contribution >= 0.6 is 0 Å². The first kappa shape index (κ1) is 18.0. The summed E-state index contributed by atoms with van der Waals surface area (Å²) in [6.07, 6.45) is 3.32. The van der Waals surface area contributed by atoms with E-state index in [-0.39, 0.29) is 5.56 Å². The van der Waals surface area contributed by atoms with Crippen LogP contribution in [0.3, 0.4) is 0 Å². The quantitative estimate of drug-likeness (QED) is 0.717. The van der Waals surface area contributed by atoms with E-state index in [0.29, 0.717) is 28.2 Å². The maximum atomic E-state index is 11.8. The van der Waals surface area contributed by atoms with Gasteiger partial charge in [0.1, 0.15) is 11.5 Å². The van der Waals surface area contributed by atoms with Crippen LogP contribution in [0.2, 0.25) is 0 Å². The summed E-state index contributed by atoms with van der Waals surface area (Å²) in [6, 6.07) is 13.9. The first-order valence-electron chi connectivity index (χ1n) is 8.14. The summed E-state index contributed by atoms with van der Waals surface area (Å²) in [5.74, 6) is 6.23. The maximum absolute atomic E-state index is 11.8. The molecule has 0 amide bonds. The lowest BCUT2D eigenvalue weighted by Crippen LogP contribution is -2.02. The Hall–Kier alpha value is -3.78. The summed E-state index contributed by atoms with van der Waals surface area (Å²) in [5.41, 5.74) is 2.72. The monoisotopic (exact) mass is 359 g/mol. The van der Waals surface area contributed by atoms with Gasteiger partial charge >= 0.3 is 5.97 Å². The number of pyridine rings is 1. The van der Waals surface area contributed by atoms with E-state index in [0.717, 1.165) is 5.56 Å². The highest BCUT2D eigenvalue weighted by Gasteiger charge is 2.16. The van der Waals surface area contributed by atoms with E-state index >= 15 is 0 Å². The maximum Gasteiger partial charge on any atom is 0.336 e. The number of rotatable bonds is 4. The second kappa shape index (κ2) is 8.07. The molecule has 0 fully saturated rings. The van der Waals surface area contributed by atoms with Gasteiger partial charge in [-0.25, -0.2) is 4.79 Å². The molecular weight excluding hydrogens is 342 g/mol. The average Bonchev–Trinajstić information content (AvgIpc) is 2.72. The molecule has 1 aromatic heterocycles. The SMILES string of the molecule is COc1cc(OC)cc(-c2c(C#Cc3ccncc3)cccc2C(=O)O)c1. The second-order valence-corrected chi connectivity index (χ2v) is 5.62. The zero-order chi connectivity index (χ0) is 19.2. The van der Waals surface area contributed by atoms with Gasteiger partial charge in [-0.15, -0.1) is 0 Å². The van der Waals surface area contributed by atoms with Crippen LogP contribution in [0.5, 0.6) is 11.5 Å². The number of methoxy groups -OCH3 is 2. The summed E-state index contributed by atoms with van der Waals surface area (Å²) in [7, 11) is 3.09. The van der Waals surface area contributed by atoms with Crippen molar-refractivity contribution in [2.75, 3.05) is 14.2 Å². The number of carboxylic acids is 1. The third-order valence-electron chi connectivity index (χ3n) is 3.96. The van der Waals surface area contributed by atoms with E-state index in [2.05, 4.69) is 16.8 Å². The van der Waals surface area contributed by atoms with E-state index in [4.69, 9.17) is 9.47 Å². The van der Waals surface area contributed by atoms with Gasteiger partial charge in [0.25, 0.3) is 0 Å². The number of ether oxygens (including phenoxy) is 2. The Balaban J connectivity index is 2.22. The van der Waals surface area contributed by atoms with Crippen molar-refractivity contribution < 1.29 is 19.4 Å². The topological polar surface area (TPSA) is 68.7 Å². The molecule has 3 aromatic rings. The Labute approximate surface area is 157 Å². The lowest BCUT2D eigenvalue weighted by Gasteiger charge is -2.12. The zero-order valence-corrected chi connectivity index (χ0v) is 14.9. The van der Waals surface area contributed by atoms with E-state index in [1.165, 1.54) is 0 Å². The van der Waals surface area contributed by atoms with Crippen LogP contribution in [0.15, 0.2) is 60.9 Å². The average molecular weight is 359 g/mol. The highest BCUT2D eigenvalue weighted by molar-refractivity contribution is 5.98. The molecule has 0 bridgehead atoms. The normalized spacial score (nSPS) is 9.85. The molecule has 2 aromatic carbocycles. The Morgan fingerprint density at radius 2 is 1.63 bits per heavy atom. The molecule has 1 heterocycles. The third kappa shape index (κ3) is 4.07. The minimum absolute atomic E-state index is 0.159. The van der Waals surface area contributed by atoms with Gasteiger partial charge in [-0.1, -0.05) is 17.9 Å². The van der Waals surface area contributed by atoms with Gasteiger partial charge < -0.3 is 14.6 Å². The molecule has 134 valence electrons. The second-order valence-electron chi connectivity index (χ2n) is 5.62. The van der Waals surface area contributed by atoms with E-state index in [1.807, 2.05) is 0 Å². The lowest BCUT2D eigenvalue weighted by molar-refractivity contribution is 0.0697. The van der Waals surface area contributed by atoms with E-state index in [1.54, 1.807) is 75.1 Å². The number of aromatic nitrogens is 1. The fraction of sp³-hybridized carbons (Fsp3) is 0.0909. The molecule has 0 atom stereocenters. The van der Waals surface area contributed by atoms with Crippen LogP contribution in [-0.4, -0.2) is 30.3 Å². The predicted octanol–water partition coefficient (Wildman–Crippen LogP) is 3.86. The van der Waals surface area contributed by atoms with Gasteiger partial charge in [0.15, 0.2) is 0 Å². The van der Waals surface area contributed by atoms with Crippen molar-refractivity contribution in [1.82, 2.24) is 4.98 Å². The lowest BCUT2D eigenvalue weighted by atomic mass is 9.94. The molecule has 5 heteroatoms. The first-order valence-corrected chi connectivity index (χ1v) is 8.14. The highest BCUT2D eigenvalue weighted by atomic mass is 16.5. The Morgan fingerprint density at radius 1 is 0.963 bits per heavy atom.